The number of nitrogens with one attached hydrogen (secondary N) is 1. The Hall–Kier alpha value is -2.32. The fraction of sp³-hybridized carbons (Fsp3) is 0.600. The molecule has 0 heterocycles. The maximum Gasteiger partial charge on any atom is 0.407 e. The van der Waals surface area contributed by atoms with E-state index in [4.69, 9.17) is 4.74 Å². The molecule has 0 saturated carbocycles. The second-order valence-electron chi connectivity index (χ2n) is 7.65. The Morgan fingerprint density at radius 2 is 1.79 bits per heavy atom. The highest BCUT2D eigenvalue weighted by Gasteiger charge is 2.22. The first kappa shape index (κ1) is 23.7. The van der Waals surface area contributed by atoms with Crippen LogP contribution < -0.4 is 10.2 Å². The molecule has 1 atom stereocenters. The predicted octanol–water partition coefficient (Wildman–Crippen LogP) is 1.87. The van der Waals surface area contributed by atoms with E-state index in [1.54, 1.807) is 20.8 Å². The van der Waals surface area contributed by atoms with Crippen LogP contribution in [0.1, 0.15) is 44.2 Å². The maximum atomic E-state index is 12.0. The van der Waals surface area contributed by atoms with Gasteiger partial charge in [0.25, 0.3) is 0 Å². The van der Waals surface area contributed by atoms with Crippen molar-refractivity contribution in [2.75, 3.05) is 37.7 Å². The molecule has 0 fully saturated rings. The van der Waals surface area contributed by atoms with Gasteiger partial charge in [0, 0.05) is 31.2 Å². The highest BCUT2D eigenvalue weighted by atomic mass is 16.6. The van der Waals surface area contributed by atoms with E-state index in [1.807, 2.05) is 30.0 Å². The van der Waals surface area contributed by atoms with Crippen molar-refractivity contribution in [2.45, 2.75) is 45.6 Å². The van der Waals surface area contributed by atoms with Crippen LogP contribution >= 0.6 is 0 Å². The number of amides is 1. The Kier molecular flexibility index (Phi) is 9.21. The van der Waals surface area contributed by atoms with Crippen LogP contribution in [0, 0.1) is 6.92 Å². The molecule has 8 heteroatoms. The number of carboxylic acid groups (broad SMARTS) is 1. The number of hydrogen-bond acceptors (Lipinski definition) is 6. The van der Waals surface area contributed by atoms with E-state index in [0.717, 1.165) is 16.8 Å². The first-order valence-corrected chi connectivity index (χ1v) is 9.33. The summed E-state index contributed by atoms with van der Waals surface area (Å²) in [5, 5.41) is 30.5. The van der Waals surface area contributed by atoms with Crippen LogP contribution in [0.5, 0.6) is 0 Å². The summed E-state index contributed by atoms with van der Waals surface area (Å²) in [6, 6.07) is 5.59. The third-order valence-corrected chi connectivity index (χ3v) is 4.12. The third kappa shape index (κ3) is 8.14. The van der Waals surface area contributed by atoms with Crippen molar-refractivity contribution in [2.24, 2.45) is 0 Å². The number of aliphatic hydroxyl groups excluding tert-OH is 2. The Morgan fingerprint density at radius 3 is 2.29 bits per heavy atom. The first-order valence-electron chi connectivity index (χ1n) is 9.33. The van der Waals surface area contributed by atoms with Gasteiger partial charge >= 0.3 is 12.1 Å². The van der Waals surface area contributed by atoms with E-state index in [2.05, 4.69) is 5.32 Å². The van der Waals surface area contributed by atoms with Gasteiger partial charge in [-0.05, 0) is 51.0 Å². The molecule has 1 unspecified atom stereocenters. The molecule has 0 aliphatic rings. The van der Waals surface area contributed by atoms with Crippen molar-refractivity contribution >= 4 is 17.7 Å². The van der Waals surface area contributed by atoms with E-state index in [-0.39, 0.29) is 26.2 Å². The first-order chi connectivity index (χ1) is 13.1. The molecule has 1 rings (SSSR count). The third-order valence-electron chi connectivity index (χ3n) is 4.12. The minimum absolute atomic E-state index is 0.0675. The van der Waals surface area contributed by atoms with Crippen LogP contribution in [0.3, 0.4) is 0 Å². The number of hydrogen-bond donors (Lipinski definition) is 4. The van der Waals surface area contributed by atoms with Crippen molar-refractivity contribution in [1.82, 2.24) is 5.32 Å². The van der Waals surface area contributed by atoms with Gasteiger partial charge in [-0.2, -0.15) is 0 Å². The molecular weight excluding hydrogens is 364 g/mol. The number of rotatable bonds is 10. The molecule has 0 spiro atoms. The van der Waals surface area contributed by atoms with Gasteiger partial charge in [0.1, 0.15) is 5.60 Å². The normalized spacial score (nSPS) is 12.4. The number of benzene rings is 1. The van der Waals surface area contributed by atoms with Crippen molar-refractivity contribution < 1.29 is 29.6 Å². The Bertz CT molecular complexity index is 651. The maximum absolute atomic E-state index is 12.0. The summed E-state index contributed by atoms with van der Waals surface area (Å²) in [7, 11) is 0. The molecule has 0 aliphatic heterocycles. The van der Waals surface area contributed by atoms with Crippen molar-refractivity contribution in [1.29, 1.82) is 0 Å². The Balaban J connectivity index is 3.07. The summed E-state index contributed by atoms with van der Waals surface area (Å²) in [6.45, 7) is 7.83. The summed E-state index contributed by atoms with van der Waals surface area (Å²) in [5.74, 6) is -1.42. The average molecular weight is 396 g/mol. The molecule has 0 radical (unpaired) electrons. The van der Waals surface area contributed by atoms with Crippen molar-refractivity contribution in [3.05, 3.63) is 29.3 Å². The van der Waals surface area contributed by atoms with Crippen molar-refractivity contribution in [3.8, 4) is 0 Å². The lowest BCUT2D eigenvalue weighted by Gasteiger charge is -2.26. The standard InChI is InChI=1S/C20H32N2O6/c1-14-5-6-16(22(7-9-23)8-10-24)12-17(14)15(11-18(25)26)13-21-19(27)28-20(2,3)4/h5-6,12,15,23-24H,7-11,13H2,1-4H3,(H,21,27)(H,25,26). The molecule has 0 aliphatic carbocycles. The van der Waals surface area contributed by atoms with Crippen LogP contribution in [-0.2, 0) is 9.53 Å². The number of aliphatic hydroxyl groups is 2. The van der Waals surface area contributed by atoms with Gasteiger partial charge in [-0.1, -0.05) is 6.07 Å². The molecule has 0 aromatic heterocycles. The number of aryl methyl sites for hydroxylation is 1. The SMILES string of the molecule is Cc1ccc(N(CCO)CCO)cc1C(CNC(=O)OC(C)(C)C)CC(=O)O. The minimum atomic E-state index is -0.969. The second kappa shape index (κ2) is 10.9. The monoisotopic (exact) mass is 396 g/mol. The highest BCUT2D eigenvalue weighted by molar-refractivity contribution is 5.70. The lowest BCUT2D eigenvalue weighted by Crippen LogP contribution is -2.35. The van der Waals surface area contributed by atoms with Gasteiger partial charge in [-0.25, -0.2) is 4.79 Å². The Labute approximate surface area is 166 Å². The Morgan fingerprint density at radius 1 is 1.18 bits per heavy atom. The quantitative estimate of drug-likeness (QED) is 0.477. The lowest BCUT2D eigenvalue weighted by molar-refractivity contribution is -0.137. The van der Waals surface area contributed by atoms with Gasteiger partial charge < -0.3 is 30.3 Å². The highest BCUT2D eigenvalue weighted by Crippen LogP contribution is 2.28. The van der Waals surface area contributed by atoms with Gasteiger partial charge in [0.05, 0.1) is 19.6 Å². The molecule has 1 aromatic carbocycles. The molecule has 28 heavy (non-hydrogen) atoms. The smallest absolute Gasteiger partial charge is 0.407 e. The molecule has 0 bridgehead atoms. The summed E-state index contributed by atoms with van der Waals surface area (Å²) in [5.41, 5.74) is 1.82. The molecule has 158 valence electrons. The molecule has 4 N–H and O–H groups in total. The molecule has 8 nitrogen and oxygen atoms in total. The van der Waals surface area contributed by atoms with Crippen LogP contribution in [0.25, 0.3) is 0 Å². The number of carbonyl (C=O) groups is 2. The van der Waals surface area contributed by atoms with E-state index in [9.17, 15) is 24.9 Å². The van der Waals surface area contributed by atoms with Gasteiger partial charge in [-0.15, -0.1) is 0 Å². The zero-order valence-electron chi connectivity index (χ0n) is 17.1. The summed E-state index contributed by atoms with van der Waals surface area (Å²) >= 11 is 0. The van der Waals surface area contributed by atoms with E-state index in [0.29, 0.717) is 13.1 Å². The minimum Gasteiger partial charge on any atom is -0.481 e. The number of anilines is 1. The number of aliphatic carboxylic acids is 1. The summed E-state index contributed by atoms with van der Waals surface area (Å²) < 4.78 is 5.22. The van der Waals surface area contributed by atoms with E-state index in [1.165, 1.54) is 0 Å². The molecule has 1 amide bonds. The largest absolute Gasteiger partial charge is 0.481 e. The van der Waals surface area contributed by atoms with Crippen LogP contribution in [-0.4, -0.2) is 65.8 Å². The fourth-order valence-corrected chi connectivity index (χ4v) is 2.90. The number of carboxylic acids is 1. The number of alkyl carbamates (subject to hydrolysis) is 1. The number of carbonyl (C=O) groups excluding carboxylic acids is 1. The molecule has 0 saturated heterocycles. The second-order valence-corrected chi connectivity index (χ2v) is 7.65. The van der Waals surface area contributed by atoms with Crippen molar-refractivity contribution in [3.63, 3.8) is 0 Å². The average Bonchev–Trinajstić information content (AvgIpc) is 2.57. The lowest BCUT2D eigenvalue weighted by atomic mass is 9.91. The molecular formula is C20H32N2O6. The van der Waals surface area contributed by atoms with Gasteiger partial charge in [0.2, 0.25) is 0 Å². The summed E-state index contributed by atoms with van der Waals surface area (Å²) in [4.78, 5) is 25.2. The number of nitrogens with zero attached hydrogens (tertiary/aromatic N) is 1. The van der Waals surface area contributed by atoms with E-state index >= 15 is 0 Å². The van der Waals surface area contributed by atoms with Gasteiger partial charge in [-0.3, -0.25) is 4.79 Å². The zero-order chi connectivity index (χ0) is 21.3. The van der Waals surface area contributed by atoms with Crippen LogP contribution in [0.15, 0.2) is 18.2 Å². The van der Waals surface area contributed by atoms with Crippen LogP contribution in [0.4, 0.5) is 10.5 Å². The molecule has 1 aromatic rings. The topological polar surface area (TPSA) is 119 Å². The fourth-order valence-electron chi connectivity index (χ4n) is 2.90. The zero-order valence-corrected chi connectivity index (χ0v) is 17.1. The predicted molar refractivity (Wildman–Crippen MR) is 107 cm³/mol. The van der Waals surface area contributed by atoms with Gasteiger partial charge in [0.15, 0.2) is 0 Å². The van der Waals surface area contributed by atoms with E-state index < -0.39 is 23.6 Å². The van der Waals surface area contributed by atoms with Crippen LogP contribution in [0.2, 0.25) is 0 Å². The summed E-state index contributed by atoms with van der Waals surface area (Å²) in [6.07, 6.45) is -0.751. The number of ether oxygens (including phenoxy) is 1.